The quantitative estimate of drug-likeness (QED) is 0.658. The molecule has 1 radical (unpaired) electrons. The highest BCUT2D eigenvalue weighted by atomic mass is 15.3. The molecule has 1 aliphatic heterocycles. The van der Waals surface area contributed by atoms with E-state index in [9.17, 15) is 0 Å². The Bertz CT molecular complexity index is 212. The van der Waals surface area contributed by atoms with Crippen LogP contribution in [0, 0.1) is 6.20 Å². The second-order valence-corrected chi connectivity index (χ2v) is 3.26. The average Bonchev–Trinajstić information content (AvgIpc) is 2.74. The van der Waals surface area contributed by atoms with Gasteiger partial charge in [0.1, 0.15) is 6.20 Å². The molecule has 3 heteroatoms. The highest BCUT2D eigenvalue weighted by Gasteiger charge is 2.10. The van der Waals surface area contributed by atoms with E-state index in [1.165, 1.54) is 25.9 Å². The van der Waals surface area contributed by atoms with E-state index in [1.54, 1.807) is 0 Å². The zero-order valence-electron chi connectivity index (χ0n) is 7.24. The van der Waals surface area contributed by atoms with E-state index < -0.39 is 0 Å². The summed E-state index contributed by atoms with van der Waals surface area (Å²) < 4.78 is 1.94. The van der Waals surface area contributed by atoms with Gasteiger partial charge in [-0.25, -0.2) is 0 Å². The lowest BCUT2D eigenvalue weighted by Crippen LogP contribution is -2.24. The standard InChI is InChI=1S/C9H14N3/c1-2-6-11(5-1)8-9-12-7-3-4-10-12/h3,7H,1-2,5-6,8-9H2. The first kappa shape index (κ1) is 7.80. The van der Waals surface area contributed by atoms with Gasteiger partial charge >= 0.3 is 0 Å². The number of hydrogen-bond acceptors (Lipinski definition) is 2. The van der Waals surface area contributed by atoms with Crippen molar-refractivity contribution in [1.29, 1.82) is 0 Å². The fraction of sp³-hybridized carbons (Fsp3) is 0.667. The van der Waals surface area contributed by atoms with Crippen molar-refractivity contribution in [3.8, 4) is 0 Å². The number of aromatic nitrogens is 2. The summed E-state index contributed by atoms with van der Waals surface area (Å²) in [5.74, 6) is 0. The fourth-order valence-corrected chi connectivity index (χ4v) is 1.63. The van der Waals surface area contributed by atoms with Gasteiger partial charge < -0.3 is 4.90 Å². The molecule has 0 aliphatic carbocycles. The van der Waals surface area contributed by atoms with Crippen LogP contribution < -0.4 is 0 Å². The van der Waals surface area contributed by atoms with E-state index >= 15 is 0 Å². The van der Waals surface area contributed by atoms with E-state index in [2.05, 4.69) is 16.2 Å². The number of likely N-dealkylation sites (tertiary alicyclic amines) is 1. The SMILES string of the molecule is [c]1ccn(CCN2CCCC2)n1. The Kier molecular flexibility index (Phi) is 2.42. The summed E-state index contributed by atoms with van der Waals surface area (Å²) in [4.78, 5) is 2.49. The van der Waals surface area contributed by atoms with Crippen LogP contribution in [0.4, 0.5) is 0 Å². The molecule has 65 valence electrons. The smallest absolute Gasteiger partial charge is 0.113 e. The molecule has 12 heavy (non-hydrogen) atoms. The lowest BCUT2D eigenvalue weighted by atomic mass is 10.4. The molecule has 0 N–H and O–H groups in total. The fourth-order valence-electron chi connectivity index (χ4n) is 1.63. The maximum atomic E-state index is 4.04. The molecule has 0 bridgehead atoms. The molecule has 0 atom stereocenters. The summed E-state index contributed by atoms with van der Waals surface area (Å²) in [5.41, 5.74) is 0. The van der Waals surface area contributed by atoms with Crippen molar-refractivity contribution in [2.75, 3.05) is 19.6 Å². The summed E-state index contributed by atoms with van der Waals surface area (Å²) >= 11 is 0. The molecule has 2 rings (SSSR count). The third-order valence-electron chi connectivity index (χ3n) is 2.35. The van der Waals surface area contributed by atoms with Crippen LogP contribution in [-0.4, -0.2) is 34.3 Å². The highest BCUT2D eigenvalue weighted by molar-refractivity contribution is 4.76. The molecular formula is C9H14N3. The summed E-state index contributed by atoms with van der Waals surface area (Å²) in [7, 11) is 0. The van der Waals surface area contributed by atoms with Crippen LogP contribution in [0.1, 0.15) is 12.8 Å². The van der Waals surface area contributed by atoms with Gasteiger partial charge in [-0.05, 0) is 32.0 Å². The minimum Gasteiger partial charge on any atom is -0.301 e. The molecule has 0 amide bonds. The zero-order chi connectivity index (χ0) is 8.23. The van der Waals surface area contributed by atoms with Crippen molar-refractivity contribution >= 4 is 0 Å². The summed E-state index contributed by atoms with van der Waals surface area (Å²) in [6.07, 6.45) is 7.50. The molecule has 1 aromatic rings. The topological polar surface area (TPSA) is 21.1 Å². The maximum absolute atomic E-state index is 4.04. The summed E-state index contributed by atoms with van der Waals surface area (Å²) in [6.45, 7) is 4.68. The van der Waals surface area contributed by atoms with Gasteiger partial charge in [-0.3, -0.25) is 4.68 Å². The van der Waals surface area contributed by atoms with Gasteiger partial charge in [0, 0.05) is 12.7 Å². The van der Waals surface area contributed by atoms with Gasteiger partial charge in [-0.1, -0.05) is 0 Å². The van der Waals surface area contributed by atoms with Gasteiger partial charge in [0.15, 0.2) is 0 Å². The van der Waals surface area contributed by atoms with E-state index in [4.69, 9.17) is 0 Å². The molecule has 0 unspecified atom stereocenters. The Morgan fingerprint density at radius 2 is 2.08 bits per heavy atom. The lowest BCUT2D eigenvalue weighted by molar-refractivity contribution is 0.315. The van der Waals surface area contributed by atoms with Crippen LogP contribution in [0.25, 0.3) is 0 Å². The second kappa shape index (κ2) is 3.72. The van der Waals surface area contributed by atoms with E-state index in [0.29, 0.717) is 0 Å². The highest BCUT2D eigenvalue weighted by Crippen LogP contribution is 2.06. The van der Waals surface area contributed by atoms with Crippen molar-refractivity contribution in [2.45, 2.75) is 19.4 Å². The summed E-state index contributed by atoms with van der Waals surface area (Å²) in [6, 6.07) is 1.85. The van der Waals surface area contributed by atoms with Gasteiger partial charge in [0.05, 0.1) is 6.54 Å². The molecular weight excluding hydrogens is 150 g/mol. The predicted molar refractivity (Wildman–Crippen MR) is 46.7 cm³/mol. The zero-order valence-corrected chi connectivity index (χ0v) is 7.24. The van der Waals surface area contributed by atoms with Crippen LogP contribution in [0.2, 0.25) is 0 Å². The number of rotatable bonds is 3. The monoisotopic (exact) mass is 164 g/mol. The van der Waals surface area contributed by atoms with Crippen molar-refractivity contribution in [3.63, 3.8) is 0 Å². The number of nitrogens with zero attached hydrogens (tertiary/aromatic N) is 3. The van der Waals surface area contributed by atoms with Crippen LogP contribution >= 0.6 is 0 Å². The first-order chi connectivity index (χ1) is 5.95. The Labute approximate surface area is 73.0 Å². The van der Waals surface area contributed by atoms with E-state index in [1.807, 2.05) is 16.9 Å². The second-order valence-electron chi connectivity index (χ2n) is 3.26. The van der Waals surface area contributed by atoms with E-state index in [-0.39, 0.29) is 0 Å². The minimum absolute atomic E-state index is 1.00. The first-order valence-corrected chi connectivity index (χ1v) is 4.57. The predicted octanol–water partition coefficient (Wildman–Crippen LogP) is 0.779. The molecule has 0 aromatic carbocycles. The van der Waals surface area contributed by atoms with Gasteiger partial charge in [0.25, 0.3) is 0 Å². The maximum Gasteiger partial charge on any atom is 0.113 e. The Morgan fingerprint density at radius 3 is 2.75 bits per heavy atom. The Balaban J connectivity index is 1.74. The van der Waals surface area contributed by atoms with E-state index in [0.717, 1.165) is 13.1 Å². The third kappa shape index (κ3) is 1.85. The first-order valence-electron chi connectivity index (χ1n) is 4.57. The minimum atomic E-state index is 1.00. The van der Waals surface area contributed by atoms with Crippen LogP contribution in [0.5, 0.6) is 0 Å². The van der Waals surface area contributed by atoms with Gasteiger partial charge in [-0.15, -0.1) is 0 Å². The Hall–Kier alpha value is -0.830. The van der Waals surface area contributed by atoms with Crippen LogP contribution in [-0.2, 0) is 6.54 Å². The van der Waals surface area contributed by atoms with Crippen LogP contribution in [0.15, 0.2) is 12.3 Å². The largest absolute Gasteiger partial charge is 0.301 e. The molecule has 1 aromatic heterocycles. The average molecular weight is 164 g/mol. The number of hydrogen-bond donors (Lipinski definition) is 0. The molecule has 0 spiro atoms. The molecule has 1 saturated heterocycles. The molecule has 3 nitrogen and oxygen atoms in total. The lowest BCUT2D eigenvalue weighted by Gasteiger charge is -2.13. The van der Waals surface area contributed by atoms with Crippen molar-refractivity contribution in [1.82, 2.24) is 14.7 Å². The van der Waals surface area contributed by atoms with Gasteiger partial charge in [0.2, 0.25) is 0 Å². The van der Waals surface area contributed by atoms with Crippen molar-refractivity contribution in [3.05, 3.63) is 18.5 Å². The van der Waals surface area contributed by atoms with Crippen molar-refractivity contribution < 1.29 is 0 Å². The molecule has 0 saturated carbocycles. The molecule has 2 heterocycles. The van der Waals surface area contributed by atoms with Gasteiger partial charge in [-0.2, -0.15) is 5.10 Å². The van der Waals surface area contributed by atoms with Crippen molar-refractivity contribution in [2.24, 2.45) is 0 Å². The molecule has 1 aliphatic rings. The molecule has 1 fully saturated rings. The summed E-state index contributed by atoms with van der Waals surface area (Å²) in [5, 5.41) is 4.04. The van der Waals surface area contributed by atoms with Crippen LogP contribution in [0.3, 0.4) is 0 Å². The normalized spacial score (nSPS) is 18.7. The Morgan fingerprint density at radius 1 is 1.25 bits per heavy atom. The third-order valence-corrected chi connectivity index (χ3v) is 2.35.